The summed E-state index contributed by atoms with van der Waals surface area (Å²) in [6, 6.07) is 31.5. The first kappa shape index (κ1) is 24.4. The molecule has 0 aliphatic heterocycles. The number of fused-ring (bicyclic) bond motifs is 1. The molecule has 1 saturated carbocycles. The number of benzene rings is 4. The molecule has 1 aliphatic carbocycles. The van der Waals surface area contributed by atoms with Crippen LogP contribution in [0.2, 0.25) is 0 Å². The number of nitrogens with zero attached hydrogens (tertiary/aromatic N) is 3. The van der Waals surface area contributed by atoms with Crippen LogP contribution in [0.15, 0.2) is 109 Å². The maximum atomic E-state index is 15.3. The third kappa shape index (κ3) is 4.08. The van der Waals surface area contributed by atoms with Crippen molar-refractivity contribution in [2.24, 2.45) is 5.73 Å². The fourth-order valence-electron chi connectivity index (χ4n) is 5.57. The molecule has 0 radical (unpaired) electrons. The van der Waals surface area contributed by atoms with Crippen LogP contribution in [-0.2, 0) is 5.54 Å². The number of aromatic nitrogens is 3. The minimum atomic E-state index is -0.666. The van der Waals surface area contributed by atoms with Gasteiger partial charge in [-0.15, -0.1) is 0 Å². The summed E-state index contributed by atoms with van der Waals surface area (Å²) < 4.78 is 30.9. The van der Waals surface area contributed by atoms with Crippen molar-refractivity contribution in [1.82, 2.24) is 14.6 Å². The van der Waals surface area contributed by atoms with Crippen molar-refractivity contribution >= 4 is 5.65 Å². The van der Waals surface area contributed by atoms with E-state index in [0.29, 0.717) is 16.9 Å². The van der Waals surface area contributed by atoms with E-state index in [1.54, 1.807) is 4.52 Å². The standard InChI is InChI=1S/C34H26F2N4/c35-26-16-17-27(29(36)20-26)30-32(23-10-5-2-6-11-23)39-40-21-28(22-8-3-1-4-9-22)31(38-33(30)40)24-12-14-25(15-13-24)34(37)18-7-19-34/h1-6,8-17,20-21H,7,18-19,37H2. The lowest BCUT2D eigenvalue weighted by atomic mass is 9.72. The summed E-state index contributed by atoms with van der Waals surface area (Å²) in [6.45, 7) is 0. The largest absolute Gasteiger partial charge is 0.321 e. The molecule has 196 valence electrons. The van der Waals surface area contributed by atoms with E-state index >= 15 is 4.39 Å². The third-order valence-electron chi connectivity index (χ3n) is 7.92. The van der Waals surface area contributed by atoms with Gasteiger partial charge in [0.1, 0.15) is 17.3 Å². The molecular formula is C34H26F2N4. The van der Waals surface area contributed by atoms with Crippen molar-refractivity contribution in [1.29, 1.82) is 0 Å². The van der Waals surface area contributed by atoms with Crippen LogP contribution in [0.25, 0.3) is 50.4 Å². The van der Waals surface area contributed by atoms with Gasteiger partial charge in [0, 0.05) is 40.1 Å². The lowest BCUT2D eigenvalue weighted by Crippen LogP contribution is -2.43. The van der Waals surface area contributed by atoms with Crippen LogP contribution in [0, 0.1) is 11.6 Å². The highest BCUT2D eigenvalue weighted by atomic mass is 19.1. The van der Waals surface area contributed by atoms with Gasteiger partial charge in [0.05, 0.1) is 11.3 Å². The van der Waals surface area contributed by atoms with E-state index in [0.717, 1.165) is 58.8 Å². The first-order valence-electron chi connectivity index (χ1n) is 13.4. The molecule has 0 atom stereocenters. The molecule has 1 aliphatic rings. The van der Waals surface area contributed by atoms with E-state index in [4.69, 9.17) is 15.8 Å². The van der Waals surface area contributed by atoms with Gasteiger partial charge in [0.15, 0.2) is 5.65 Å². The highest BCUT2D eigenvalue weighted by molar-refractivity contribution is 5.93. The Morgan fingerprint density at radius 2 is 1.35 bits per heavy atom. The van der Waals surface area contributed by atoms with E-state index in [9.17, 15) is 4.39 Å². The number of rotatable bonds is 5. The van der Waals surface area contributed by atoms with Gasteiger partial charge in [-0.1, -0.05) is 84.9 Å². The molecule has 0 bridgehead atoms. The fourth-order valence-corrected chi connectivity index (χ4v) is 5.57. The lowest BCUT2D eigenvalue weighted by Gasteiger charge is -2.38. The molecule has 2 aromatic heterocycles. The average Bonchev–Trinajstić information content (AvgIpc) is 3.34. The van der Waals surface area contributed by atoms with Crippen molar-refractivity contribution in [3.8, 4) is 44.8 Å². The summed E-state index contributed by atoms with van der Waals surface area (Å²) in [7, 11) is 0. The molecule has 40 heavy (non-hydrogen) atoms. The zero-order chi connectivity index (χ0) is 27.3. The first-order chi connectivity index (χ1) is 19.5. The maximum Gasteiger partial charge on any atom is 0.164 e. The molecule has 1 fully saturated rings. The maximum absolute atomic E-state index is 15.3. The van der Waals surface area contributed by atoms with E-state index in [1.165, 1.54) is 12.1 Å². The summed E-state index contributed by atoms with van der Waals surface area (Å²) in [5.41, 5.74) is 13.6. The molecule has 4 nitrogen and oxygen atoms in total. The monoisotopic (exact) mass is 528 g/mol. The van der Waals surface area contributed by atoms with Crippen molar-refractivity contribution in [2.75, 3.05) is 0 Å². The molecule has 0 spiro atoms. The molecular weight excluding hydrogens is 502 g/mol. The van der Waals surface area contributed by atoms with Crippen molar-refractivity contribution in [3.05, 3.63) is 127 Å². The number of hydrogen-bond donors (Lipinski definition) is 1. The predicted molar refractivity (Wildman–Crippen MR) is 154 cm³/mol. The van der Waals surface area contributed by atoms with Crippen molar-refractivity contribution in [2.45, 2.75) is 24.8 Å². The second-order valence-electron chi connectivity index (χ2n) is 10.4. The Balaban J connectivity index is 1.50. The summed E-state index contributed by atoms with van der Waals surface area (Å²) in [4.78, 5) is 5.14. The Morgan fingerprint density at radius 1 is 0.700 bits per heavy atom. The van der Waals surface area contributed by atoms with Crippen LogP contribution in [0.5, 0.6) is 0 Å². The fraction of sp³-hybridized carbons (Fsp3) is 0.118. The first-order valence-corrected chi connectivity index (χ1v) is 13.4. The van der Waals surface area contributed by atoms with Crippen LogP contribution < -0.4 is 5.73 Å². The minimum Gasteiger partial charge on any atom is -0.321 e. The van der Waals surface area contributed by atoms with Gasteiger partial charge in [0.2, 0.25) is 0 Å². The van der Waals surface area contributed by atoms with Crippen LogP contribution in [-0.4, -0.2) is 14.6 Å². The van der Waals surface area contributed by atoms with E-state index in [-0.39, 0.29) is 11.1 Å². The Kier molecular flexibility index (Phi) is 5.79. The number of halogens is 2. The summed E-state index contributed by atoms with van der Waals surface area (Å²) in [5, 5.41) is 4.89. The molecule has 6 heteroatoms. The van der Waals surface area contributed by atoms with Gasteiger partial charge < -0.3 is 5.73 Å². The lowest BCUT2D eigenvalue weighted by molar-refractivity contribution is 0.253. The van der Waals surface area contributed by atoms with Crippen molar-refractivity contribution < 1.29 is 8.78 Å². The van der Waals surface area contributed by atoms with E-state index in [1.807, 2.05) is 66.9 Å². The van der Waals surface area contributed by atoms with E-state index in [2.05, 4.69) is 24.3 Å². The average molecular weight is 529 g/mol. The van der Waals surface area contributed by atoms with E-state index < -0.39 is 11.6 Å². The highest BCUT2D eigenvalue weighted by Crippen LogP contribution is 2.41. The summed E-state index contributed by atoms with van der Waals surface area (Å²) in [5.74, 6) is -1.30. The number of hydrogen-bond acceptors (Lipinski definition) is 3. The molecule has 4 aromatic carbocycles. The SMILES string of the molecule is NC1(c2ccc(-c3nc4c(-c5ccc(F)cc5F)c(-c5ccccc5)nn4cc3-c3ccccc3)cc2)CCC1. The minimum absolute atomic E-state index is 0.242. The predicted octanol–water partition coefficient (Wildman–Crippen LogP) is 8.01. The van der Waals surface area contributed by atoms with Gasteiger partial charge in [-0.3, -0.25) is 0 Å². The smallest absolute Gasteiger partial charge is 0.164 e. The van der Waals surface area contributed by atoms with Gasteiger partial charge >= 0.3 is 0 Å². The normalized spacial score (nSPS) is 14.3. The molecule has 0 unspecified atom stereocenters. The Bertz CT molecular complexity index is 1840. The second-order valence-corrected chi connectivity index (χ2v) is 10.4. The highest BCUT2D eigenvalue weighted by Gasteiger charge is 2.34. The quantitative estimate of drug-likeness (QED) is 0.247. The van der Waals surface area contributed by atoms with Gasteiger partial charge in [0.25, 0.3) is 0 Å². The van der Waals surface area contributed by atoms with Crippen molar-refractivity contribution in [3.63, 3.8) is 0 Å². The zero-order valence-electron chi connectivity index (χ0n) is 21.7. The Labute approximate surface area is 230 Å². The number of nitrogens with two attached hydrogens (primary N) is 1. The second kappa shape index (κ2) is 9.50. The summed E-state index contributed by atoms with van der Waals surface area (Å²) in [6.07, 6.45) is 5.05. The van der Waals surface area contributed by atoms with Gasteiger partial charge in [-0.25, -0.2) is 18.3 Å². The van der Waals surface area contributed by atoms with Gasteiger partial charge in [-0.05, 0) is 42.5 Å². The molecule has 2 N–H and O–H groups in total. The van der Waals surface area contributed by atoms with Crippen LogP contribution in [0.4, 0.5) is 8.78 Å². The van der Waals surface area contributed by atoms with Crippen LogP contribution in [0.3, 0.4) is 0 Å². The third-order valence-corrected chi connectivity index (χ3v) is 7.92. The van der Waals surface area contributed by atoms with Gasteiger partial charge in [-0.2, -0.15) is 5.10 Å². The molecule has 7 rings (SSSR count). The topological polar surface area (TPSA) is 56.2 Å². The zero-order valence-corrected chi connectivity index (χ0v) is 21.7. The molecule has 6 aromatic rings. The Hall–Kier alpha value is -4.68. The van der Waals surface area contributed by atoms with Crippen LogP contribution in [0.1, 0.15) is 24.8 Å². The Morgan fingerprint density at radius 3 is 1.98 bits per heavy atom. The summed E-state index contributed by atoms with van der Waals surface area (Å²) >= 11 is 0. The molecule has 2 heterocycles. The van der Waals surface area contributed by atoms with Crippen LogP contribution >= 0.6 is 0 Å². The molecule has 0 saturated heterocycles. The molecule has 0 amide bonds.